The maximum absolute atomic E-state index is 14.4. The van der Waals surface area contributed by atoms with Crippen molar-refractivity contribution < 1.29 is 67.5 Å². The molecule has 1 spiro atoms. The number of fused-ring (bicyclic) bond motifs is 2. The second-order valence-electron chi connectivity index (χ2n) is 20.0. The quantitative estimate of drug-likeness (QED) is 0.204. The third-order valence-electron chi connectivity index (χ3n) is 15.4. The van der Waals surface area contributed by atoms with Gasteiger partial charge in [-0.3, -0.25) is 4.79 Å². The Morgan fingerprint density at radius 2 is 1.53 bits per heavy atom. The van der Waals surface area contributed by atoms with Crippen molar-refractivity contribution in [3.8, 4) is 0 Å². The highest BCUT2D eigenvalue weighted by Crippen LogP contribution is 2.48. The van der Waals surface area contributed by atoms with E-state index in [9.17, 15) is 20.1 Å². The van der Waals surface area contributed by atoms with E-state index < -0.39 is 90.8 Å². The molecule has 64 heavy (non-hydrogen) atoms. The van der Waals surface area contributed by atoms with Crippen molar-refractivity contribution in [2.24, 2.45) is 23.7 Å². The first-order valence-corrected chi connectivity index (χ1v) is 24.0. The molecule has 358 valence electrons. The monoisotopic (exact) mass is 899 g/mol. The molecule has 14 nitrogen and oxygen atoms in total. The molecule has 0 aromatic heterocycles. The molecule has 6 aliphatic heterocycles. The van der Waals surface area contributed by atoms with Crippen molar-refractivity contribution in [3.05, 3.63) is 59.3 Å². The van der Waals surface area contributed by atoms with E-state index >= 15 is 0 Å². The van der Waals surface area contributed by atoms with Crippen molar-refractivity contribution in [1.82, 2.24) is 0 Å². The molecule has 19 atom stereocenters. The maximum atomic E-state index is 14.4. The van der Waals surface area contributed by atoms with Crippen LogP contribution in [-0.2, 0) is 52.2 Å². The highest BCUT2D eigenvalue weighted by Gasteiger charge is 2.60. The van der Waals surface area contributed by atoms with E-state index in [0.29, 0.717) is 49.2 Å². The van der Waals surface area contributed by atoms with Crippen LogP contribution in [0.5, 0.6) is 0 Å². The lowest BCUT2D eigenvalue weighted by molar-refractivity contribution is -0.318. The lowest BCUT2D eigenvalue weighted by Crippen LogP contribution is -2.58. The Labute approximate surface area is 379 Å². The molecule has 0 aromatic rings. The summed E-state index contributed by atoms with van der Waals surface area (Å²) in [6.07, 6.45) is 13.8. The Bertz CT molecular complexity index is 1790. The van der Waals surface area contributed by atoms with E-state index in [1.807, 2.05) is 25.2 Å². The fourth-order valence-electron chi connectivity index (χ4n) is 11.7. The van der Waals surface area contributed by atoms with Gasteiger partial charge in [0.25, 0.3) is 0 Å². The molecule has 1 saturated carbocycles. The van der Waals surface area contributed by atoms with Crippen LogP contribution < -0.4 is 0 Å². The predicted octanol–water partition coefficient (Wildman–Crippen LogP) is 5.91. The van der Waals surface area contributed by atoms with Crippen molar-refractivity contribution in [1.29, 1.82) is 0 Å². The minimum atomic E-state index is -1.83. The van der Waals surface area contributed by atoms with Gasteiger partial charge >= 0.3 is 5.97 Å². The molecular formula is C50H74O14. The summed E-state index contributed by atoms with van der Waals surface area (Å²) in [6.45, 7) is 11.9. The van der Waals surface area contributed by atoms with Crippen molar-refractivity contribution >= 4 is 5.97 Å². The summed E-state index contributed by atoms with van der Waals surface area (Å²) in [6, 6.07) is 0. The molecule has 14 heteroatoms. The molecule has 0 radical (unpaired) electrons. The largest absolute Gasteiger partial charge is 0.462 e. The molecule has 2 aliphatic carbocycles. The minimum absolute atomic E-state index is 0.0242. The molecule has 8 rings (SSSR count). The third-order valence-corrected chi connectivity index (χ3v) is 15.4. The minimum Gasteiger partial charge on any atom is -0.462 e. The number of allylic oxidation sites excluding steroid dienone is 2. The van der Waals surface area contributed by atoms with Crippen LogP contribution in [0.2, 0.25) is 0 Å². The van der Waals surface area contributed by atoms with Gasteiger partial charge in [-0.2, -0.15) is 0 Å². The Morgan fingerprint density at radius 3 is 2.28 bits per heavy atom. The van der Waals surface area contributed by atoms with Crippen LogP contribution in [-0.4, -0.2) is 139 Å². The van der Waals surface area contributed by atoms with E-state index in [1.54, 1.807) is 40.2 Å². The summed E-state index contributed by atoms with van der Waals surface area (Å²) >= 11 is 0. The number of aliphatic hydroxyl groups is 3. The van der Waals surface area contributed by atoms with Crippen LogP contribution in [0.1, 0.15) is 106 Å². The third kappa shape index (κ3) is 9.82. The summed E-state index contributed by atoms with van der Waals surface area (Å²) in [5.41, 5.74) is 0.166. The van der Waals surface area contributed by atoms with Gasteiger partial charge in [-0.1, -0.05) is 69.6 Å². The Balaban J connectivity index is 1.08. The number of hydrogen-bond donors (Lipinski definition) is 3. The van der Waals surface area contributed by atoms with Gasteiger partial charge in [0.2, 0.25) is 0 Å². The van der Waals surface area contributed by atoms with Gasteiger partial charge in [0.1, 0.15) is 42.0 Å². The molecule has 11 unspecified atom stereocenters. The van der Waals surface area contributed by atoms with Gasteiger partial charge in [-0.15, -0.1) is 0 Å². The van der Waals surface area contributed by atoms with Gasteiger partial charge in [0, 0.05) is 51.7 Å². The molecule has 5 fully saturated rings. The van der Waals surface area contributed by atoms with Gasteiger partial charge in [0.05, 0.1) is 49.3 Å². The average molecular weight is 899 g/mol. The summed E-state index contributed by atoms with van der Waals surface area (Å²) in [4.78, 5) is 14.4. The van der Waals surface area contributed by atoms with E-state index in [2.05, 4.69) is 32.9 Å². The molecule has 6 heterocycles. The molecule has 8 aliphatic rings. The van der Waals surface area contributed by atoms with E-state index in [4.69, 9.17) is 47.4 Å². The standard InChI is InChI=1S/C50H74O14/c1-27-13-12-16-34-26-57-47-42(51)30(4)21-37(50(34,47)54)48(53)60-36-22-35(63-49(25-36)20-19-29(3)45(64-49)33-14-10-9-11-15-33)18-17-28(2)44(27)61-41-24-39(56-8)46(32(6)59-41)62-40-23-38(55-7)43(52)31(5)58-40/h12-13,16-17,19-21,27,29,31-33,35-47,51-52,54H,9-11,14-15,18,22-26H2,1-8H3/t27?,29?,31?,32?,35-,36+,37+,38?,39?,40+,41+,42?,43?,44?,45?,46?,47-,49-,50-/m1/s1. The molecular weight excluding hydrogens is 825 g/mol. The van der Waals surface area contributed by atoms with Crippen LogP contribution in [0.25, 0.3) is 0 Å². The summed E-state index contributed by atoms with van der Waals surface area (Å²) in [5.74, 6) is -2.32. The molecule has 2 bridgehead atoms. The Hall–Kier alpha value is -2.31. The van der Waals surface area contributed by atoms with Crippen molar-refractivity contribution in [2.75, 3.05) is 20.8 Å². The Kier molecular flexibility index (Phi) is 15.1. The van der Waals surface area contributed by atoms with E-state index in [-0.39, 0.29) is 36.8 Å². The fourth-order valence-corrected chi connectivity index (χ4v) is 11.7. The lowest BCUT2D eigenvalue weighted by atomic mass is 9.71. The number of aliphatic hydroxyl groups excluding tert-OH is 2. The molecule has 0 amide bonds. The number of rotatable bonds is 7. The normalized spacial score (nSPS) is 47.1. The van der Waals surface area contributed by atoms with Crippen LogP contribution in [0.4, 0.5) is 0 Å². The van der Waals surface area contributed by atoms with Gasteiger partial charge < -0.3 is 62.7 Å². The van der Waals surface area contributed by atoms with E-state index in [1.165, 1.54) is 19.3 Å². The van der Waals surface area contributed by atoms with Gasteiger partial charge in [-0.05, 0) is 75.7 Å². The average Bonchev–Trinajstić information content (AvgIpc) is 3.62. The predicted molar refractivity (Wildman–Crippen MR) is 234 cm³/mol. The zero-order chi connectivity index (χ0) is 45.5. The van der Waals surface area contributed by atoms with Gasteiger partial charge in [-0.25, -0.2) is 0 Å². The number of carbonyl (C=O) groups excluding carboxylic acids is 1. The van der Waals surface area contributed by atoms with Crippen molar-refractivity contribution in [3.63, 3.8) is 0 Å². The summed E-state index contributed by atoms with van der Waals surface area (Å²) < 4.78 is 64.1. The number of hydrogen-bond acceptors (Lipinski definition) is 14. The lowest BCUT2D eigenvalue weighted by Gasteiger charge is -2.49. The fraction of sp³-hybridized carbons (Fsp3) is 0.780. The van der Waals surface area contributed by atoms with E-state index in [0.717, 1.165) is 18.4 Å². The van der Waals surface area contributed by atoms with Crippen LogP contribution in [0.15, 0.2) is 59.3 Å². The number of carbonyl (C=O) groups is 1. The van der Waals surface area contributed by atoms with Crippen LogP contribution in [0, 0.1) is 23.7 Å². The summed E-state index contributed by atoms with van der Waals surface area (Å²) in [5, 5.41) is 34.3. The highest BCUT2D eigenvalue weighted by atomic mass is 16.7. The zero-order valence-corrected chi connectivity index (χ0v) is 39.0. The Morgan fingerprint density at radius 1 is 0.812 bits per heavy atom. The molecule has 0 aromatic carbocycles. The number of methoxy groups -OCH3 is 2. The number of esters is 1. The molecule has 4 saturated heterocycles. The van der Waals surface area contributed by atoms with Crippen LogP contribution >= 0.6 is 0 Å². The zero-order valence-electron chi connectivity index (χ0n) is 39.0. The maximum Gasteiger partial charge on any atom is 0.316 e. The topological polar surface area (TPSA) is 170 Å². The smallest absolute Gasteiger partial charge is 0.316 e. The summed E-state index contributed by atoms with van der Waals surface area (Å²) in [7, 11) is 3.23. The van der Waals surface area contributed by atoms with Gasteiger partial charge in [0.15, 0.2) is 18.4 Å². The number of ether oxygens (including phenoxy) is 10. The molecule has 3 N–H and O–H groups in total. The highest BCUT2D eigenvalue weighted by molar-refractivity contribution is 5.78. The van der Waals surface area contributed by atoms with Crippen molar-refractivity contribution in [2.45, 2.75) is 203 Å². The first kappa shape index (κ1) is 48.2. The second kappa shape index (κ2) is 20.1. The first-order chi connectivity index (χ1) is 30.6. The second-order valence-corrected chi connectivity index (χ2v) is 20.0. The van der Waals surface area contributed by atoms with Crippen LogP contribution in [0.3, 0.4) is 0 Å². The first-order valence-electron chi connectivity index (χ1n) is 24.0. The SMILES string of the molecule is COC1C[C@H](OC2C(C)O[C@@H](OC3C(C)=CC[C@@H]4C[C@@H](C[C@]5(C=CC(C)C(C6CCCCC6)O5)O4)OC(=O)[C@@H]4C=C(C)C(O)[C@H]5OCC(=CC=CC3C)[C@]54O)CC2OC)OC(C)C1O.